The average molecular weight is 415 g/mol. The third-order valence-corrected chi connectivity index (χ3v) is 5.38. The lowest BCUT2D eigenvalue weighted by Gasteiger charge is -2.35. The second-order valence-electron chi connectivity index (χ2n) is 6.57. The van der Waals surface area contributed by atoms with Crippen LogP contribution in [-0.2, 0) is 4.79 Å². The second kappa shape index (κ2) is 9.01. The summed E-state index contributed by atoms with van der Waals surface area (Å²) in [6.07, 6.45) is 1.61. The maximum Gasteiger partial charge on any atom is 0.267 e. The Labute approximate surface area is 174 Å². The van der Waals surface area contributed by atoms with E-state index < -0.39 is 5.91 Å². The van der Waals surface area contributed by atoms with E-state index in [4.69, 9.17) is 23.2 Å². The molecule has 28 heavy (non-hydrogen) atoms. The van der Waals surface area contributed by atoms with Crippen molar-refractivity contribution in [3.8, 4) is 6.07 Å². The van der Waals surface area contributed by atoms with Crippen molar-refractivity contribution in [2.45, 2.75) is 6.92 Å². The van der Waals surface area contributed by atoms with Gasteiger partial charge in [-0.05, 0) is 36.8 Å². The van der Waals surface area contributed by atoms with Gasteiger partial charge in [0.15, 0.2) is 0 Å². The average Bonchev–Trinajstić information content (AvgIpc) is 2.70. The SMILES string of the molecule is Cc1cccc(N2CCN(/C=C(/C#N)C(=O)Nc3cccc(Cl)c3Cl)CC2)c1. The summed E-state index contributed by atoms with van der Waals surface area (Å²) in [5.74, 6) is -0.507. The summed E-state index contributed by atoms with van der Waals surface area (Å²) in [6.45, 7) is 5.17. The van der Waals surface area contributed by atoms with E-state index in [-0.39, 0.29) is 10.6 Å². The van der Waals surface area contributed by atoms with Gasteiger partial charge in [-0.3, -0.25) is 4.79 Å². The molecule has 0 bridgehead atoms. The molecule has 0 spiro atoms. The van der Waals surface area contributed by atoms with Crippen LogP contribution in [0.1, 0.15) is 5.56 Å². The lowest BCUT2D eigenvalue weighted by molar-refractivity contribution is -0.112. The molecule has 1 aliphatic rings. The summed E-state index contributed by atoms with van der Waals surface area (Å²) < 4.78 is 0. The van der Waals surface area contributed by atoms with Gasteiger partial charge in [0.05, 0.1) is 15.7 Å². The fourth-order valence-corrected chi connectivity index (χ4v) is 3.39. The normalized spacial score (nSPS) is 14.6. The van der Waals surface area contributed by atoms with Crippen LogP contribution in [0, 0.1) is 18.3 Å². The Bertz CT molecular complexity index is 944. The summed E-state index contributed by atoms with van der Waals surface area (Å²) >= 11 is 12.1. The highest BCUT2D eigenvalue weighted by molar-refractivity contribution is 6.44. The molecule has 144 valence electrons. The van der Waals surface area contributed by atoms with Crippen molar-refractivity contribution in [3.05, 3.63) is 69.8 Å². The van der Waals surface area contributed by atoms with Crippen molar-refractivity contribution in [1.82, 2.24) is 4.90 Å². The molecule has 0 aromatic heterocycles. The number of rotatable bonds is 4. The summed E-state index contributed by atoms with van der Waals surface area (Å²) in [6, 6.07) is 15.3. The van der Waals surface area contributed by atoms with Crippen LogP contribution < -0.4 is 10.2 Å². The molecule has 0 aliphatic carbocycles. The van der Waals surface area contributed by atoms with Gasteiger partial charge in [-0.1, -0.05) is 41.4 Å². The van der Waals surface area contributed by atoms with Crippen LogP contribution in [0.5, 0.6) is 0 Å². The number of anilines is 2. The third kappa shape index (κ3) is 4.78. The molecule has 1 saturated heterocycles. The van der Waals surface area contributed by atoms with Crippen molar-refractivity contribution >= 4 is 40.5 Å². The van der Waals surface area contributed by atoms with Gasteiger partial charge in [0.2, 0.25) is 0 Å². The molecule has 0 radical (unpaired) electrons. The zero-order chi connectivity index (χ0) is 20.1. The Hall–Kier alpha value is -2.68. The number of carbonyl (C=O) groups is 1. The quantitative estimate of drug-likeness (QED) is 0.591. The number of halogens is 2. The molecule has 1 fully saturated rings. The molecule has 1 aliphatic heterocycles. The highest BCUT2D eigenvalue weighted by atomic mass is 35.5. The lowest BCUT2D eigenvalue weighted by atomic mass is 10.2. The standard InChI is InChI=1S/C21H20Cl2N4O/c1-15-4-2-5-17(12-15)27-10-8-26(9-11-27)14-16(13-24)21(28)25-19-7-3-6-18(22)20(19)23/h2-7,12,14H,8-11H2,1H3,(H,25,28)/b16-14-. The molecule has 0 atom stereocenters. The molecule has 0 unspecified atom stereocenters. The first-order chi connectivity index (χ1) is 13.5. The molecular formula is C21H20Cl2N4O. The van der Waals surface area contributed by atoms with Crippen molar-refractivity contribution in [1.29, 1.82) is 5.26 Å². The Kier molecular flexibility index (Phi) is 6.45. The van der Waals surface area contributed by atoms with Crippen LogP contribution in [-0.4, -0.2) is 37.0 Å². The largest absolute Gasteiger partial charge is 0.373 e. The zero-order valence-electron chi connectivity index (χ0n) is 15.5. The van der Waals surface area contributed by atoms with Crippen LogP contribution in [0.25, 0.3) is 0 Å². The second-order valence-corrected chi connectivity index (χ2v) is 7.36. The van der Waals surface area contributed by atoms with Crippen molar-refractivity contribution in [2.24, 2.45) is 0 Å². The lowest BCUT2D eigenvalue weighted by Crippen LogP contribution is -2.44. The molecule has 7 heteroatoms. The number of nitriles is 1. The molecule has 2 aromatic carbocycles. The molecule has 3 rings (SSSR count). The Morgan fingerprint density at radius 1 is 1.14 bits per heavy atom. The number of amides is 1. The molecule has 1 amide bonds. The predicted molar refractivity (Wildman–Crippen MR) is 114 cm³/mol. The first-order valence-electron chi connectivity index (χ1n) is 8.91. The monoisotopic (exact) mass is 414 g/mol. The van der Waals surface area contributed by atoms with Crippen LogP contribution in [0.15, 0.2) is 54.2 Å². The molecule has 1 N–H and O–H groups in total. The summed E-state index contributed by atoms with van der Waals surface area (Å²) in [4.78, 5) is 16.8. The maximum absolute atomic E-state index is 12.5. The van der Waals surface area contributed by atoms with Gasteiger partial charge in [0, 0.05) is 38.1 Å². The van der Waals surface area contributed by atoms with Gasteiger partial charge in [-0.15, -0.1) is 0 Å². The van der Waals surface area contributed by atoms with Gasteiger partial charge in [-0.25, -0.2) is 0 Å². The number of hydrogen-bond donors (Lipinski definition) is 1. The highest BCUT2D eigenvalue weighted by Crippen LogP contribution is 2.29. The smallest absolute Gasteiger partial charge is 0.267 e. The van der Waals surface area contributed by atoms with Gasteiger partial charge >= 0.3 is 0 Å². The number of hydrogen-bond acceptors (Lipinski definition) is 4. The first kappa shape index (κ1) is 20.1. The minimum absolute atomic E-state index is 0.0278. The van der Waals surface area contributed by atoms with Gasteiger partial charge in [-0.2, -0.15) is 5.26 Å². The van der Waals surface area contributed by atoms with Gasteiger partial charge in [0.25, 0.3) is 5.91 Å². The van der Waals surface area contributed by atoms with Gasteiger partial charge in [0.1, 0.15) is 11.6 Å². The topological polar surface area (TPSA) is 59.4 Å². The fourth-order valence-electron chi connectivity index (χ4n) is 3.04. The molecule has 0 saturated carbocycles. The van der Waals surface area contributed by atoms with Crippen molar-refractivity contribution in [3.63, 3.8) is 0 Å². The van der Waals surface area contributed by atoms with E-state index in [1.807, 2.05) is 11.0 Å². The van der Waals surface area contributed by atoms with Crippen molar-refractivity contribution < 1.29 is 4.79 Å². The Morgan fingerprint density at radius 3 is 2.54 bits per heavy atom. The van der Waals surface area contributed by atoms with Crippen LogP contribution >= 0.6 is 23.2 Å². The minimum atomic E-state index is -0.507. The van der Waals surface area contributed by atoms with E-state index in [9.17, 15) is 10.1 Å². The number of nitrogens with one attached hydrogen (secondary N) is 1. The highest BCUT2D eigenvalue weighted by Gasteiger charge is 2.18. The first-order valence-corrected chi connectivity index (χ1v) is 9.66. The molecule has 1 heterocycles. The number of benzene rings is 2. The van der Waals surface area contributed by atoms with E-state index in [2.05, 4.69) is 41.4 Å². The summed E-state index contributed by atoms with van der Waals surface area (Å²) in [5.41, 5.74) is 2.82. The number of piperazine rings is 1. The maximum atomic E-state index is 12.5. The minimum Gasteiger partial charge on any atom is -0.373 e. The summed E-state index contributed by atoms with van der Waals surface area (Å²) in [5, 5.41) is 12.7. The number of aryl methyl sites for hydroxylation is 1. The Morgan fingerprint density at radius 2 is 1.86 bits per heavy atom. The van der Waals surface area contributed by atoms with Crippen LogP contribution in [0.4, 0.5) is 11.4 Å². The van der Waals surface area contributed by atoms with E-state index in [1.54, 1.807) is 24.4 Å². The van der Waals surface area contributed by atoms with E-state index in [0.29, 0.717) is 10.7 Å². The van der Waals surface area contributed by atoms with Crippen LogP contribution in [0.3, 0.4) is 0 Å². The number of carbonyl (C=O) groups excluding carboxylic acids is 1. The van der Waals surface area contributed by atoms with E-state index in [0.717, 1.165) is 26.2 Å². The number of nitrogens with zero attached hydrogens (tertiary/aromatic N) is 3. The van der Waals surface area contributed by atoms with E-state index >= 15 is 0 Å². The van der Waals surface area contributed by atoms with E-state index in [1.165, 1.54) is 11.3 Å². The fraction of sp³-hybridized carbons (Fsp3) is 0.238. The molecule has 5 nitrogen and oxygen atoms in total. The Balaban J connectivity index is 1.64. The van der Waals surface area contributed by atoms with Crippen LogP contribution in [0.2, 0.25) is 10.0 Å². The summed E-state index contributed by atoms with van der Waals surface area (Å²) in [7, 11) is 0. The molecule has 2 aromatic rings. The van der Waals surface area contributed by atoms with Gasteiger partial charge < -0.3 is 15.1 Å². The molecular weight excluding hydrogens is 395 g/mol. The zero-order valence-corrected chi connectivity index (χ0v) is 17.0. The van der Waals surface area contributed by atoms with Crippen molar-refractivity contribution in [2.75, 3.05) is 36.4 Å². The third-order valence-electron chi connectivity index (χ3n) is 4.56. The predicted octanol–water partition coefficient (Wildman–Crippen LogP) is 4.47.